The van der Waals surface area contributed by atoms with Gasteiger partial charge < -0.3 is 14.5 Å². The summed E-state index contributed by atoms with van der Waals surface area (Å²) in [4.78, 5) is 17.6. The van der Waals surface area contributed by atoms with Gasteiger partial charge in [0.1, 0.15) is 0 Å². The Kier molecular flexibility index (Phi) is 3.85. The molecule has 2 rings (SSSR count). The van der Waals surface area contributed by atoms with Gasteiger partial charge in [-0.05, 0) is 26.0 Å². The third-order valence-electron chi connectivity index (χ3n) is 2.72. The molecule has 0 aliphatic rings. The van der Waals surface area contributed by atoms with E-state index in [-0.39, 0.29) is 12.5 Å². The zero-order valence-electron chi connectivity index (χ0n) is 11.7. The summed E-state index contributed by atoms with van der Waals surface area (Å²) in [5.74, 6) is 0.334. The van der Waals surface area contributed by atoms with E-state index >= 15 is 0 Å². The second kappa shape index (κ2) is 5.42. The fraction of sp³-hybridized carbons (Fsp3) is 0.357. The van der Waals surface area contributed by atoms with Crippen LogP contribution in [0.3, 0.4) is 0 Å². The van der Waals surface area contributed by atoms with Crippen LogP contribution in [0.15, 0.2) is 35.2 Å². The van der Waals surface area contributed by atoms with Gasteiger partial charge in [0.15, 0.2) is 0 Å². The predicted octanol–water partition coefficient (Wildman–Crippen LogP) is 1.58. The minimum absolute atomic E-state index is 0.146. The molecule has 20 heavy (non-hydrogen) atoms. The van der Waals surface area contributed by atoms with Gasteiger partial charge in [-0.25, -0.2) is 0 Å². The van der Waals surface area contributed by atoms with Crippen molar-refractivity contribution in [3.8, 4) is 11.4 Å². The molecule has 0 unspecified atom stereocenters. The molecule has 0 aliphatic heterocycles. The van der Waals surface area contributed by atoms with Crippen LogP contribution < -0.4 is 0 Å². The van der Waals surface area contributed by atoms with E-state index < -0.39 is 5.60 Å². The minimum Gasteiger partial charge on any atom is -0.389 e. The molecule has 1 N–H and O–H groups in total. The van der Waals surface area contributed by atoms with Crippen molar-refractivity contribution in [1.82, 2.24) is 15.0 Å². The largest absolute Gasteiger partial charge is 0.389 e. The van der Waals surface area contributed by atoms with E-state index in [1.54, 1.807) is 45.2 Å². The maximum atomic E-state index is 12.2. The first-order valence-corrected chi connectivity index (χ1v) is 6.21. The van der Waals surface area contributed by atoms with Crippen molar-refractivity contribution in [3.05, 3.63) is 36.2 Å². The van der Waals surface area contributed by atoms with Crippen molar-refractivity contribution in [2.24, 2.45) is 0 Å². The predicted molar refractivity (Wildman–Crippen MR) is 73.0 cm³/mol. The van der Waals surface area contributed by atoms with Crippen LogP contribution >= 0.6 is 0 Å². The lowest BCUT2D eigenvalue weighted by atomic mass is 10.1. The highest BCUT2D eigenvalue weighted by molar-refractivity contribution is 5.94. The second-order valence-corrected chi connectivity index (χ2v) is 5.31. The topological polar surface area (TPSA) is 79.5 Å². The van der Waals surface area contributed by atoms with Crippen LogP contribution in [-0.4, -0.2) is 45.2 Å². The van der Waals surface area contributed by atoms with E-state index in [0.717, 1.165) is 5.56 Å². The zero-order valence-corrected chi connectivity index (χ0v) is 11.7. The van der Waals surface area contributed by atoms with Crippen molar-refractivity contribution in [1.29, 1.82) is 0 Å². The van der Waals surface area contributed by atoms with Gasteiger partial charge in [0.25, 0.3) is 5.91 Å². The summed E-state index contributed by atoms with van der Waals surface area (Å²) in [5.41, 5.74) is 0.402. The van der Waals surface area contributed by atoms with Crippen molar-refractivity contribution in [2.75, 3.05) is 13.6 Å². The molecule has 1 aromatic carbocycles. The third kappa shape index (κ3) is 3.42. The molecule has 0 spiro atoms. The molecule has 6 heteroatoms. The first-order chi connectivity index (χ1) is 9.37. The van der Waals surface area contributed by atoms with Crippen molar-refractivity contribution in [3.63, 3.8) is 0 Å². The molecular weight excluding hydrogens is 258 g/mol. The Labute approximate surface area is 117 Å². The molecule has 106 valence electrons. The molecule has 0 bridgehead atoms. The summed E-state index contributed by atoms with van der Waals surface area (Å²) in [6.45, 7) is 3.59. The van der Waals surface area contributed by atoms with Crippen LogP contribution in [0.5, 0.6) is 0 Å². The number of carbonyl (C=O) groups excluding carboxylic acids is 1. The van der Waals surface area contributed by atoms with E-state index in [1.807, 2.05) is 0 Å². The average molecular weight is 275 g/mol. The number of carbonyl (C=O) groups is 1. The fourth-order valence-corrected chi connectivity index (χ4v) is 1.93. The highest BCUT2D eigenvalue weighted by Crippen LogP contribution is 2.16. The lowest BCUT2D eigenvalue weighted by Crippen LogP contribution is -2.39. The minimum atomic E-state index is -0.922. The first kappa shape index (κ1) is 14.2. The summed E-state index contributed by atoms with van der Waals surface area (Å²) in [6, 6.07) is 6.93. The molecule has 2 aromatic rings. The van der Waals surface area contributed by atoms with Gasteiger partial charge in [-0.1, -0.05) is 17.3 Å². The summed E-state index contributed by atoms with van der Waals surface area (Å²) in [6.07, 6.45) is 1.26. The number of hydrogen-bond acceptors (Lipinski definition) is 5. The van der Waals surface area contributed by atoms with Gasteiger partial charge in [0.05, 0.1) is 5.60 Å². The fourth-order valence-electron chi connectivity index (χ4n) is 1.93. The smallest absolute Gasteiger partial charge is 0.253 e. The average Bonchev–Trinajstić information content (AvgIpc) is 2.90. The van der Waals surface area contributed by atoms with Crippen LogP contribution in [0.25, 0.3) is 11.4 Å². The number of nitrogens with zero attached hydrogens (tertiary/aromatic N) is 3. The Morgan fingerprint density at radius 2 is 2.00 bits per heavy atom. The Bertz CT molecular complexity index is 571. The lowest BCUT2D eigenvalue weighted by Gasteiger charge is -2.25. The van der Waals surface area contributed by atoms with Gasteiger partial charge >= 0.3 is 0 Å². The lowest BCUT2D eigenvalue weighted by molar-refractivity contribution is 0.0368. The van der Waals surface area contributed by atoms with Gasteiger partial charge in [0, 0.05) is 24.7 Å². The Morgan fingerprint density at radius 1 is 1.35 bits per heavy atom. The van der Waals surface area contributed by atoms with Gasteiger partial charge in [-0.15, -0.1) is 0 Å². The maximum Gasteiger partial charge on any atom is 0.253 e. The number of aromatic nitrogens is 2. The third-order valence-corrected chi connectivity index (χ3v) is 2.72. The van der Waals surface area contributed by atoms with E-state index in [0.29, 0.717) is 11.4 Å². The number of likely N-dealkylation sites (N-methyl/N-ethyl adjacent to an activating group) is 1. The maximum absolute atomic E-state index is 12.2. The molecule has 6 nitrogen and oxygen atoms in total. The van der Waals surface area contributed by atoms with Crippen LogP contribution in [0.2, 0.25) is 0 Å². The van der Waals surface area contributed by atoms with Crippen LogP contribution in [0.1, 0.15) is 24.2 Å². The summed E-state index contributed by atoms with van der Waals surface area (Å²) in [5, 5.41) is 13.5. The number of hydrogen-bond donors (Lipinski definition) is 1. The molecule has 0 aliphatic carbocycles. The number of rotatable bonds is 4. The van der Waals surface area contributed by atoms with Crippen LogP contribution in [0.4, 0.5) is 0 Å². The number of benzene rings is 1. The molecule has 1 amide bonds. The summed E-state index contributed by atoms with van der Waals surface area (Å²) < 4.78 is 4.68. The van der Waals surface area contributed by atoms with E-state index in [4.69, 9.17) is 0 Å². The van der Waals surface area contributed by atoms with E-state index in [9.17, 15) is 9.90 Å². The Balaban J connectivity index is 2.12. The SMILES string of the molecule is CN(CC(C)(C)O)C(=O)c1ccc(-c2ncon2)cc1. The Hall–Kier alpha value is -2.21. The number of amides is 1. The molecule has 0 fully saturated rings. The standard InChI is InChI=1S/C14H17N3O3/c1-14(2,19)8-17(3)13(18)11-6-4-10(5-7-11)12-15-9-20-16-12/h4-7,9,19H,8H2,1-3H3. The highest BCUT2D eigenvalue weighted by Gasteiger charge is 2.20. The normalized spacial score (nSPS) is 11.4. The summed E-state index contributed by atoms with van der Waals surface area (Å²) in [7, 11) is 1.66. The first-order valence-electron chi connectivity index (χ1n) is 6.21. The van der Waals surface area contributed by atoms with E-state index in [2.05, 4.69) is 14.7 Å². The second-order valence-electron chi connectivity index (χ2n) is 5.31. The van der Waals surface area contributed by atoms with Gasteiger partial charge in [0.2, 0.25) is 12.2 Å². The molecule has 0 saturated heterocycles. The van der Waals surface area contributed by atoms with Crippen molar-refractivity contribution < 1.29 is 14.4 Å². The zero-order chi connectivity index (χ0) is 14.8. The highest BCUT2D eigenvalue weighted by atomic mass is 16.5. The van der Waals surface area contributed by atoms with Crippen molar-refractivity contribution in [2.45, 2.75) is 19.4 Å². The van der Waals surface area contributed by atoms with Crippen molar-refractivity contribution >= 4 is 5.91 Å². The molecule has 0 saturated carbocycles. The van der Waals surface area contributed by atoms with Gasteiger partial charge in [-0.3, -0.25) is 4.79 Å². The molecule has 1 heterocycles. The monoisotopic (exact) mass is 275 g/mol. The molecule has 0 atom stereocenters. The molecule has 1 aromatic heterocycles. The molecular formula is C14H17N3O3. The quantitative estimate of drug-likeness (QED) is 0.916. The van der Waals surface area contributed by atoms with Crippen LogP contribution in [-0.2, 0) is 0 Å². The van der Waals surface area contributed by atoms with E-state index in [1.165, 1.54) is 11.3 Å². The number of aliphatic hydroxyl groups is 1. The van der Waals surface area contributed by atoms with Crippen LogP contribution in [0, 0.1) is 0 Å². The van der Waals surface area contributed by atoms with Gasteiger partial charge in [-0.2, -0.15) is 4.98 Å². The molecule has 0 radical (unpaired) electrons. The Morgan fingerprint density at radius 3 is 2.50 bits per heavy atom. The summed E-state index contributed by atoms with van der Waals surface area (Å²) >= 11 is 0.